The summed E-state index contributed by atoms with van der Waals surface area (Å²) in [7, 11) is 0. The van der Waals surface area contributed by atoms with Crippen molar-refractivity contribution in [1.82, 2.24) is 4.98 Å². The van der Waals surface area contributed by atoms with Crippen LogP contribution in [0.2, 0.25) is 0 Å². The van der Waals surface area contributed by atoms with Crippen LogP contribution in [-0.2, 0) is 12.8 Å². The summed E-state index contributed by atoms with van der Waals surface area (Å²) >= 11 is 1.63. The molecule has 0 radical (unpaired) electrons. The first-order valence-corrected chi connectivity index (χ1v) is 14.4. The number of aliphatic hydroxyl groups is 2. The summed E-state index contributed by atoms with van der Waals surface area (Å²) in [6.45, 7) is 12.6. The maximum atomic E-state index is 10.8. The number of rotatable bonds is 8. The number of hydrogen-bond donors (Lipinski definition) is 3. The van der Waals surface area contributed by atoms with Crippen LogP contribution in [0.3, 0.4) is 0 Å². The van der Waals surface area contributed by atoms with Gasteiger partial charge in [-0.15, -0.1) is 11.3 Å². The molecule has 0 aromatic carbocycles. The van der Waals surface area contributed by atoms with Crippen LogP contribution < -0.4 is 5.73 Å². The number of nitrogen functional groups attached to an aromatic ring is 1. The van der Waals surface area contributed by atoms with Crippen LogP contribution in [0.5, 0.6) is 0 Å². The van der Waals surface area contributed by atoms with Crippen LogP contribution in [0.25, 0.3) is 0 Å². The number of thiazole rings is 1. The largest absolute Gasteiger partial charge is 0.396 e. The van der Waals surface area contributed by atoms with E-state index in [0.29, 0.717) is 28.3 Å². The molecule has 1 aromatic heterocycles. The molecular weight excluding hydrogens is 428 g/mol. The fraction of sp³-hybridized carbons (Fsp3) is 0.893. The second-order valence-electron chi connectivity index (χ2n) is 12.8. The first kappa shape index (κ1) is 25.4. The Morgan fingerprint density at radius 1 is 1.03 bits per heavy atom. The van der Waals surface area contributed by atoms with Gasteiger partial charge in [-0.3, -0.25) is 0 Å². The summed E-state index contributed by atoms with van der Waals surface area (Å²) in [6, 6.07) is 0. The predicted molar refractivity (Wildman–Crippen MR) is 138 cm³/mol. The lowest BCUT2D eigenvalue weighted by atomic mass is 9.49. The van der Waals surface area contributed by atoms with E-state index in [1.807, 2.05) is 0 Å². The van der Waals surface area contributed by atoms with Crippen LogP contribution in [0.15, 0.2) is 0 Å². The summed E-state index contributed by atoms with van der Waals surface area (Å²) in [5.41, 5.74) is 7.50. The van der Waals surface area contributed by atoms with Gasteiger partial charge in [-0.05, 0) is 90.8 Å². The molecule has 2 saturated carbocycles. The molecule has 5 heteroatoms. The Hall–Kier alpha value is -0.650. The van der Waals surface area contributed by atoms with Gasteiger partial charge in [0.05, 0.1) is 5.69 Å². The van der Waals surface area contributed by atoms with Gasteiger partial charge in [-0.25, -0.2) is 4.98 Å². The number of aliphatic hydroxyl groups excluding tert-OH is 2. The molecule has 3 aliphatic carbocycles. The highest BCUT2D eigenvalue weighted by Gasteiger charge is 2.59. The normalized spacial score (nSPS) is 39.5. The summed E-state index contributed by atoms with van der Waals surface area (Å²) in [5.74, 6) is 3.93. The first-order valence-electron chi connectivity index (χ1n) is 13.6. The molecule has 0 bridgehead atoms. The van der Waals surface area contributed by atoms with E-state index in [1.54, 1.807) is 11.3 Å². The maximum Gasteiger partial charge on any atom is 0.180 e. The average Bonchev–Trinajstić information content (AvgIpc) is 3.29. The van der Waals surface area contributed by atoms with Gasteiger partial charge in [-0.2, -0.15) is 0 Å². The lowest BCUT2D eigenvalue weighted by Crippen LogP contribution is -2.53. The van der Waals surface area contributed by atoms with Gasteiger partial charge >= 0.3 is 0 Å². The van der Waals surface area contributed by atoms with Crippen LogP contribution in [0.4, 0.5) is 5.13 Å². The molecule has 188 valence electrons. The van der Waals surface area contributed by atoms with Gasteiger partial charge in [0.15, 0.2) is 5.13 Å². The minimum Gasteiger partial charge on any atom is -0.396 e. The van der Waals surface area contributed by atoms with Crippen molar-refractivity contribution in [3.8, 4) is 0 Å². The van der Waals surface area contributed by atoms with E-state index in [4.69, 9.17) is 5.73 Å². The quantitative estimate of drug-likeness (QED) is 0.433. The highest BCUT2D eigenvalue weighted by molar-refractivity contribution is 7.15. The third-order valence-electron chi connectivity index (χ3n) is 10.6. The number of anilines is 1. The van der Waals surface area contributed by atoms with Crippen LogP contribution >= 0.6 is 11.3 Å². The van der Waals surface area contributed by atoms with Crippen LogP contribution in [0, 0.1) is 52.3 Å². The average molecular weight is 477 g/mol. The lowest BCUT2D eigenvalue weighted by Gasteiger charge is -2.56. The van der Waals surface area contributed by atoms with Crippen molar-refractivity contribution in [3.63, 3.8) is 0 Å². The molecule has 0 saturated heterocycles. The standard InChI is InChI=1S/C28H48N2O2S/c1-17(2)7-6-8-18(3)21-9-10-22-20(16-32)23(11-12-27(21,22)4)28(5)14-25-24(13-19(28)15-31)30-26(29)33-25/h17-23,31-32H,6-16H2,1-5H3,(H2,29,30)/t18-,19-,20+,21-,22+,23+,27-,28+/m1/s1. The van der Waals surface area contributed by atoms with E-state index in [-0.39, 0.29) is 24.5 Å². The van der Waals surface area contributed by atoms with Crippen molar-refractivity contribution in [1.29, 1.82) is 0 Å². The zero-order chi connectivity index (χ0) is 24.0. The molecule has 4 nitrogen and oxygen atoms in total. The number of fused-ring (bicyclic) bond motifs is 2. The Morgan fingerprint density at radius 2 is 1.76 bits per heavy atom. The lowest BCUT2D eigenvalue weighted by molar-refractivity contribution is -0.0937. The number of hydrogen-bond acceptors (Lipinski definition) is 5. The van der Waals surface area contributed by atoms with E-state index >= 15 is 0 Å². The molecule has 0 aliphatic heterocycles. The molecule has 1 aromatic rings. The van der Waals surface area contributed by atoms with E-state index in [9.17, 15) is 10.2 Å². The van der Waals surface area contributed by atoms with Crippen molar-refractivity contribution in [3.05, 3.63) is 10.6 Å². The minimum atomic E-state index is -0.00355. The molecule has 33 heavy (non-hydrogen) atoms. The molecule has 0 unspecified atom stereocenters. The third kappa shape index (κ3) is 4.51. The topological polar surface area (TPSA) is 79.4 Å². The van der Waals surface area contributed by atoms with Crippen molar-refractivity contribution < 1.29 is 10.2 Å². The molecule has 1 heterocycles. The Kier molecular flexibility index (Phi) is 7.54. The van der Waals surface area contributed by atoms with Gasteiger partial charge in [0, 0.05) is 18.1 Å². The smallest absolute Gasteiger partial charge is 0.180 e. The summed E-state index contributed by atoms with van der Waals surface area (Å²) in [5, 5.41) is 21.8. The highest BCUT2D eigenvalue weighted by atomic mass is 32.1. The first-order chi connectivity index (χ1) is 15.6. The molecule has 4 N–H and O–H groups in total. The SMILES string of the molecule is CC(C)CCC[C@@H](C)[C@H]1CC[C@H]2[C@H](CO)[C@@H]([C@@]3(C)Cc4sc(N)nc4C[C@@H]3CO)CC[C@]12C. The Morgan fingerprint density at radius 3 is 2.42 bits per heavy atom. The molecule has 0 spiro atoms. The fourth-order valence-corrected chi connectivity index (χ4v) is 9.79. The second-order valence-corrected chi connectivity index (χ2v) is 13.9. The summed E-state index contributed by atoms with van der Waals surface area (Å²) in [6.07, 6.45) is 10.8. The maximum absolute atomic E-state index is 10.8. The van der Waals surface area contributed by atoms with Gasteiger partial charge in [-0.1, -0.05) is 53.9 Å². The monoisotopic (exact) mass is 476 g/mol. The Bertz CT molecular complexity index is 810. The van der Waals surface area contributed by atoms with Gasteiger partial charge in [0.1, 0.15) is 0 Å². The third-order valence-corrected chi connectivity index (χ3v) is 11.6. The van der Waals surface area contributed by atoms with E-state index in [1.165, 1.54) is 49.8 Å². The summed E-state index contributed by atoms with van der Waals surface area (Å²) < 4.78 is 0. The Labute approximate surface area is 205 Å². The zero-order valence-corrected chi connectivity index (χ0v) is 22.5. The zero-order valence-electron chi connectivity index (χ0n) is 21.6. The molecule has 2 fully saturated rings. The molecule has 3 aliphatic rings. The highest BCUT2D eigenvalue weighted by Crippen LogP contribution is 2.65. The van der Waals surface area contributed by atoms with Crippen molar-refractivity contribution in [2.24, 2.45) is 52.3 Å². The predicted octanol–water partition coefficient (Wildman–Crippen LogP) is 5.95. The number of nitrogens with two attached hydrogens (primary N) is 1. The second kappa shape index (κ2) is 9.78. The van der Waals surface area contributed by atoms with Crippen molar-refractivity contribution in [2.75, 3.05) is 18.9 Å². The molecule has 8 atom stereocenters. The van der Waals surface area contributed by atoms with E-state index in [0.717, 1.165) is 36.3 Å². The van der Waals surface area contributed by atoms with Crippen molar-refractivity contribution in [2.45, 2.75) is 92.4 Å². The van der Waals surface area contributed by atoms with Crippen LogP contribution in [-0.4, -0.2) is 28.4 Å². The van der Waals surface area contributed by atoms with E-state index < -0.39 is 0 Å². The van der Waals surface area contributed by atoms with Gasteiger partial charge < -0.3 is 15.9 Å². The molecule has 0 amide bonds. The number of aromatic nitrogens is 1. The minimum absolute atomic E-state index is 0.00355. The Balaban J connectivity index is 1.54. The molecular formula is C28H48N2O2S. The molecule has 4 rings (SSSR count). The van der Waals surface area contributed by atoms with E-state index in [2.05, 4.69) is 39.6 Å². The van der Waals surface area contributed by atoms with Crippen molar-refractivity contribution >= 4 is 16.5 Å². The van der Waals surface area contributed by atoms with Gasteiger partial charge in [0.25, 0.3) is 0 Å². The fourth-order valence-electron chi connectivity index (χ4n) is 8.75. The van der Waals surface area contributed by atoms with Crippen LogP contribution in [0.1, 0.15) is 90.1 Å². The van der Waals surface area contributed by atoms with Gasteiger partial charge in [0.2, 0.25) is 0 Å². The summed E-state index contributed by atoms with van der Waals surface area (Å²) in [4.78, 5) is 5.88. The number of nitrogens with zero attached hydrogens (tertiary/aromatic N) is 1.